The smallest absolute Gasteiger partial charge is 0.291 e. The molecule has 3 rings (SSSR count). The van der Waals surface area contributed by atoms with Crippen molar-refractivity contribution in [2.24, 2.45) is 0 Å². The fourth-order valence-corrected chi connectivity index (χ4v) is 2.47. The number of nitrogens with one attached hydrogen (secondary N) is 1. The minimum absolute atomic E-state index is 0.0746. The van der Waals surface area contributed by atoms with Crippen molar-refractivity contribution in [3.05, 3.63) is 65.5 Å². The number of carbonyl (C=O) groups is 1. The van der Waals surface area contributed by atoms with Gasteiger partial charge in [0.25, 0.3) is 5.91 Å². The molecule has 0 saturated heterocycles. The Labute approximate surface area is 146 Å². The standard InChI is InChI=1S/C19H20N4O2/c1-13-8-9-16(12-14(13)2)23-18(15-6-4-3-5-7-15)21-17(22-23)19(25)20-10-11-24/h3-9,12,24H,10-11H2,1-2H3,(H,20,25). The number of rotatable bonds is 5. The van der Waals surface area contributed by atoms with Crippen LogP contribution in [0.3, 0.4) is 0 Å². The Morgan fingerprint density at radius 3 is 2.56 bits per heavy atom. The van der Waals surface area contributed by atoms with Crippen molar-refractivity contribution in [3.63, 3.8) is 0 Å². The molecular weight excluding hydrogens is 316 g/mol. The predicted molar refractivity (Wildman–Crippen MR) is 95.7 cm³/mol. The SMILES string of the molecule is Cc1ccc(-n2nc(C(=O)NCCO)nc2-c2ccccc2)cc1C. The van der Waals surface area contributed by atoms with Crippen molar-refractivity contribution < 1.29 is 9.90 Å². The number of hydrogen-bond donors (Lipinski definition) is 2. The molecule has 128 valence electrons. The molecule has 0 saturated carbocycles. The Morgan fingerprint density at radius 1 is 1.12 bits per heavy atom. The number of aliphatic hydroxyl groups is 1. The molecule has 0 aliphatic carbocycles. The van der Waals surface area contributed by atoms with E-state index in [1.807, 2.05) is 62.4 Å². The van der Waals surface area contributed by atoms with E-state index in [-0.39, 0.29) is 19.0 Å². The van der Waals surface area contributed by atoms with Crippen LogP contribution < -0.4 is 5.32 Å². The van der Waals surface area contributed by atoms with Gasteiger partial charge >= 0.3 is 0 Å². The van der Waals surface area contributed by atoms with Crippen LogP contribution >= 0.6 is 0 Å². The fourth-order valence-electron chi connectivity index (χ4n) is 2.47. The molecule has 0 atom stereocenters. The van der Waals surface area contributed by atoms with Gasteiger partial charge in [-0.3, -0.25) is 4.79 Å². The molecule has 1 heterocycles. The Morgan fingerprint density at radius 2 is 1.88 bits per heavy atom. The summed E-state index contributed by atoms with van der Waals surface area (Å²) >= 11 is 0. The van der Waals surface area contributed by atoms with Crippen LogP contribution in [0.2, 0.25) is 0 Å². The topological polar surface area (TPSA) is 80.0 Å². The van der Waals surface area contributed by atoms with Gasteiger partial charge in [-0.1, -0.05) is 36.4 Å². The van der Waals surface area contributed by atoms with E-state index in [9.17, 15) is 4.79 Å². The van der Waals surface area contributed by atoms with Gasteiger partial charge in [-0.05, 0) is 37.1 Å². The van der Waals surface area contributed by atoms with Crippen molar-refractivity contribution in [1.29, 1.82) is 0 Å². The summed E-state index contributed by atoms with van der Waals surface area (Å²) in [5, 5.41) is 15.9. The van der Waals surface area contributed by atoms with Crippen LogP contribution in [0, 0.1) is 13.8 Å². The fraction of sp³-hybridized carbons (Fsp3) is 0.211. The minimum Gasteiger partial charge on any atom is -0.395 e. The molecule has 2 N–H and O–H groups in total. The quantitative estimate of drug-likeness (QED) is 0.749. The summed E-state index contributed by atoms with van der Waals surface area (Å²) in [6, 6.07) is 15.6. The van der Waals surface area contributed by atoms with E-state index in [0.717, 1.165) is 16.8 Å². The Bertz CT molecular complexity index is 888. The summed E-state index contributed by atoms with van der Waals surface area (Å²) in [5.41, 5.74) is 4.04. The van der Waals surface area contributed by atoms with E-state index in [1.165, 1.54) is 5.56 Å². The summed E-state index contributed by atoms with van der Waals surface area (Å²) in [6.45, 7) is 4.12. The molecule has 1 amide bonds. The van der Waals surface area contributed by atoms with Crippen molar-refractivity contribution in [2.75, 3.05) is 13.2 Å². The van der Waals surface area contributed by atoms with Crippen LogP contribution in [0.15, 0.2) is 48.5 Å². The Hall–Kier alpha value is -2.99. The van der Waals surface area contributed by atoms with E-state index in [0.29, 0.717) is 5.82 Å². The summed E-state index contributed by atoms with van der Waals surface area (Å²) in [7, 11) is 0. The molecule has 0 unspecified atom stereocenters. The van der Waals surface area contributed by atoms with Crippen LogP contribution in [0.25, 0.3) is 17.1 Å². The number of amides is 1. The number of aryl methyl sites for hydroxylation is 2. The van der Waals surface area contributed by atoms with Gasteiger partial charge in [0, 0.05) is 12.1 Å². The summed E-state index contributed by atoms with van der Waals surface area (Å²) in [5.74, 6) is 0.261. The van der Waals surface area contributed by atoms with E-state index in [1.54, 1.807) is 4.68 Å². The number of aliphatic hydroxyl groups excluding tert-OH is 1. The highest BCUT2D eigenvalue weighted by atomic mass is 16.3. The molecule has 1 aromatic heterocycles. The normalized spacial score (nSPS) is 10.7. The largest absolute Gasteiger partial charge is 0.395 e. The Balaban J connectivity index is 2.10. The lowest BCUT2D eigenvalue weighted by Crippen LogP contribution is -2.27. The average molecular weight is 336 g/mol. The zero-order valence-corrected chi connectivity index (χ0v) is 14.2. The van der Waals surface area contributed by atoms with Gasteiger partial charge in [-0.2, -0.15) is 0 Å². The monoisotopic (exact) mass is 336 g/mol. The third-order valence-electron chi connectivity index (χ3n) is 3.97. The molecule has 0 aliphatic rings. The molecule has 0 radical (unpaired) electrons. The second-order valence-corrected chi connectivity index (χ2v) is 5.78. The number of aromatic nitrogens is 3. The molecule has 0 aliphatic heterocycles. The highest BCUT2D eigenvalue weighted by Crippen LogP contribution is 2.22. The first-order valence-electron chi connectivity index (χ1n) is 8.09. The molecule has 6 heteroatoms. The molecule has 0 spiro atoms. The summed E-state index contributed by atoms with van der Waals surface area (Å²) in [6.07, 6.45) is 0. The van der Waals surface area contributed by atoms with Crippen molar-refractivity contribution >= 4 is 5.91 Å². The van der Waals surface area contributed by atoms with Crippen molar-refractivity contribution in [2.45, 2.75) is 13.8 Å². The summed E-state index contributed by atoms with van der Waals surface area (Å²) in [4.78, 5) is 16.6. The van der Waals surface area contributed by atoms with Crippen LogP contribution in [-0.4, -0.2) is 38.9 Å². The zero-order chi connectivity index (χ0) is 17.8. The molecular formula is C19H20N4O2. The molecule has 0 fully saturated rings. The van der Waals surface area contributed by atoms with E-state index in [4.69, 9.17) is 5.11 Å². The first-order valence-corrected chi connectivity index (χ1v) is 8.09. The highest BCUT2D eigenvalue weighted by molar-refractivity contribution is 5.91. The molecule has 25 heavy (non-hydrogen) atoms. The second kappa shape index (κ2) is 7.27. The second-order valence-electron chi connectivity index (χ2n) is 5.78. The molecule has 2 aromatic carbocycles. The lowest BCUT2D eigenvalue weighted by atomic mass is 10.1. The number of carbonyl (C=O) groups excluding carboxylic acids is 1. The van der Waals surface area contributed by atoms with Gasteiger partial charge < -0.3 is 10.4 Å². The maximum Gasteiger partial charge on any atom is 0.291 e. The maximum atomic E-state index is 12.2. The van der Waals surface area contributed by atoms with Crippen LogP contribution in [0.4, 0.5) is 0 Å². The lowest BCUT2D eigenvalue weighted by molar-refractivity contribution is 0.0934. The minimum atomic E-state index is -0.409. The average Bonchev–Trinajstić information content (AvgIpc) is 3.08. The number of hydrogen-bond acceptors (Lipinski definition) is 4. The number of nitrogens with zero attached hydrogens (tertiary/aromatic N) is 3. The van der Waals surface area contributed by atoms with E-state index in [2.05, 4.69) is 15.4 Å². The van der Waals surface area contributed by atoms with Gasteiger partial charge in [0.05, 0.1) is 12.3 Å². The van der Waals surface area contributed by atoms with Crippen LogP contribution in [0.1, 0.15) is 21.7 Å². The van der Waals surface area contributed by atoms with Gasteiger partial charge in [0.1, 0.15) is 0 Å². The Kier molecular flexibility index (Phi) is 4.90. The van der Waals surface area contributed by atoms with Crippen LogP contribution in [0.5, 0.6) is 0 Å². The first kappa shape index (κ1) is 16.9. The first-order chi connectivity index (χ1) is 12.1. The molecule has 6 nitrogen and oxygen atoms in total. The zero-order valence-electron chi connectivity index (χ0n) is 14.2. The third-order valence-corrected chi connectivity index (χ3v) is 3.97. The lowest BCUT2D eigenvalue weighted by Gasteiger charge is -2.08. The van der Waals surface area contributed by atoms with Gasteiger partial charge in [-0.15, -0.1) is 5.10 Å². The van der Waals surface area contributed by atoms with Crippen molar-refractivity contribution in [1.82, 2.24) is 20.1 Å². The van der Waals surface area contributed by atoms with Gasteiger partial charge in [0.15, 0.2) is 5.82 Å². The van der Waals surface area contributed by atoms with Gasteiger partial charge in [-0.25, -0.2) is 9.67 Å². The van der Waals surface area contributed by atoms with E-state index >= 15 is 0 Å². The highest BCUT2D eigenvalue weighted by Gasteiger charge is 2.18. The molecule has 0 bridgehead atoms. The third kappa shape index (κ3) is 3.59. The summed E-state index contributed by atoms with van der Waals surface area (Å²) < 4.78 is 1.68. The van der Waals surface area contributed by atoms with Crippen molar-refractivity contribution in [3.8, 4) is 17.1 Å². The molecule has 3 aromatic rings. The predicted octanol–water partition coefficient (Wildman–Crippen LogP) is 2.27. The van der Waals surface area contributed by atoms with Crippen LogP contribution in [-0.2, 0) is 0 Å². The van der Waals surface area contributed by atoms with E-state index < -0.39 is 5.91 Å². The van der Waals surface area contributed by atoms with Gasteiger partial charge in [0.2, 0.25) is 5.82 Å². The number of benzene rings is 2. The maximum absolute atomic E-state index is 12.2.